The second kappa shape index (κ2) is 11.6. The Kier molecular flexibility index (Phi) is 6.26. The van der Waals surface area contributed by atoms with Gasteiger partial charge in [-0.15, -0.1) is 22.7 Å². The summed E-state index contributed by atoms with van der Waals surface area (Å²) in [4.78, 5) is 9.92. The van der Waals surface area contributed by atoms with Crippen molar-refractivity contribution >= 4 is 129 Å². The first-order chi connectivity index (χ1) is 29.2. The van der Waals surface area contributed by atoms with Gasteiger partial charge in [0, 0.05) is 84.8 Å². The molecule has 274 valence electrons. The van der Waals surface area contributed by atoms with Gasteiger partial charge in [-0.2, -0.15) is 0 Å². The lowest BCUT2D eigenvalue weighted by Gasteiger charge is -2.10. The van der Waals surface area contributed by atoms with Gasteiger partial charge < -0.3 is 4.57 Å². The van der Waals surface area contributed by atoms with Crippen molar-refractivity contribution in [3.05, 3.63) is 176 Å². The lowest BCUT2D eigenvalue weighted by atomic mass is 10.1. The van der Waals surface area contributed by atoms with E-state index in [0.717, 1.165) is 39.0 Å². The Morgan fingerprint density at radius 2 is 1.07 bits per heavy atom. The van der Waals surface area contributed by atoms with Crippen LogP contribution >= 0.6 is 22.7 Å². The van der Waals surface area contributed by atoms with E-state index in [1.807, 2.05) is 41.3 Å². The third-order valence-corrected chi connectivity index (χ3v) is 14.6. The molecule has 14 aromatic rings. The fourth-order valence-corrected chi connectivity index (χ4v) is 12.0. The summed E-state index contributed by atoms with van der Waals surface area (Å²) in [6.07, 6.45) is 3.84. The maximum Gasteiger partial charge on any atom is 0.145 e. The van der Waals surface area contributed by atoms with Gasteiger partial charge in [0.15, 0.2) is 0 Å². The zero-order valence-electron chi connectivity index (χ0n) is 31.3. The average Bonchev–Trinajstić information content (AvgIpc) is 4.10. The predicted molar refractivity (Wildman–Crippen MR) is 251 cm³/mol. The minimum atomic E-state index is 0.939. The molecule has 0 N–H and O–H groups in total. The van der Waals surface area contributed by atoms with Gasteiger partial charge in [0.2, 0.25) is 0 Å². The molecule has 7 heteroatoms. The molecule has 0 amide bonds. The van der Waals surface area contributed by atoms with Crippen LogP contribution in [0.1, 0.15) is 0 Å². The predicted octanol–water partition coefficient (Wildman–Crippen LogP) is 14.5. The maximum atomic E-state index is 4.98. The Labute approximate surface area is 343 Å². The van der Waals surface area contributed by atoms with Gasteiger partial charge in [0.1, 0.15) is 12.0 Å². The second-order valence-corrected chi connectivity index (χ2v) is 17.6. The van der Waals surface area contributed by atoms with Gasteiger partial charge >= 0.3 is 0 Å². The Hall–Kier alpha value is -7.32. The third-order valence-electron chi connectivity index (χ3n) is 12.3. The minimum absolute atomic E-state index is 0.939. The molecule has 6 heterocycles. The molecule has 0 bridgehead atoms. The van der Waals surface area contributed by atoms with Crippen LogP contribution in [-0.2, 0) is 0 Å². The molecule has 0 saturated heterocycles. The monoisotopic (exact) mass is 787 g/mol. The Bertz CT molecular complexity index is 4090. The highest BCUT2D eigenvalue weighted by atomic mass is 32.1. The maximum absolute atomic E-state index is 4.98. The first-order valence-corrected chi connectivity index (χ1v) is 21.4. The largest absolute Gasteiger partial charge is 0.309 e. The van der Waals surface area contributed by atoms with E-state index in [1.165, 1.54) is 84.0 Å². The van der Waals surface area contributed by atoms with E-state index < -0.39 is 0 Å². The van der Waals surface area contributed by atoms with Crippen LogP contribution in [0.15, 0.2) is 176 Å². The molecule has 8 aromatic carbocycles. The highest BCUT2D eigenvalue weighted by Gasteiger charge is 2.20. The SMILES string of the molecule is c1ccc2c(-n3cnc4cc(-n5c6cc7c(cc6c6cccnc65)sc5cc6c(cc57)c5ccccc5n6-c5ccc6c(c5)sc5ccccc56)ccc43)cccc2c1. The van der Waals surface area contributed by atoms with Crippen LogP contribution in [0.25, 0.3) is 123 Å². The van der Waals surface area contributed by atoms with Crippen molar-refractivity contribution in [1.29, 1.82) is 0 Å². The van der Waals surface area contributed by atoms with Crippen molar-refractivity contribution in [2.75, 3.05) is 0 Å². The lowest BCUT2D eigenvalue weighted by molar-refractivity contribution is 1.10. The zero-order valence-corrected chi connectivity index (χ0v) is 32.9. The standard InChI is InChI=1S/C52H29N5S2/c1-2-11-33-30(9-1)10-7-16-43(33)55-29-54-42-23-31(19-21-45(42)55)57-46-26-41-40-25-38-34-12-3-5-15-44(34)56(32-18-20-36-35-13-4-6-17-48(35)58-49(36)24-32)47(38)28-51(40)59-50(41)27-39(46)37-14-8-22-53-52(37)57/h1-29H. The van der Waals surface area contributed by atoms with Crippen LogP contribution in [0.3, 0.4) is 0 Å². The fraction of sp³-hybridized carbons (Fsp3) is 0. The first kappa shape index (κ1) is 31.7. The van der Waals surface area contributed by atoms with Crippen LogP contribution in [-0.4, -0.2) is 23.7 Å². The van der Waals surface area contributed by atoms with Crippen LogP contribution in [0, 0.1) is 0 Å². The van der Waals surface area contributed by atoms with Crippen molar-refractivity contribution in [2.45, 2.75) is 0 Å². The van der Waals surface area contributed by atoms with Gasteiger partial charge in [-0.05, 0) is 90.3 Å². The number of pyridine rings is 1. The minimum Gasteiger partial charge on any atom is -0.309 e. The van der Waals surface area contributed by atoms with Gasteiger partial charge in [-0.25, -0.2) is 9.97 Å². The summed E-state index contributed by atoms with van der Waals surface area (Å²) in [6.45, 7) is 0. The number of hydrogen-bond acceptors (Lipinski definition) is 4. The number of nitrogens with zero attached hydrogens (tertiary/aromatic N) is 5. The molecule has 0 radical (unpaired) electrons. The average molecular weight is 788 g/mol. The van der Waals surface area contributed by atoms with E-state index in [9.17, 15) is 0 Å². The van der Waals surface area contributed by atoms with E-state index in [-0.39, 0.29) is 0 Å². The molecule has 0 aliphatic rings. The molecular formula is C52H29N5S2. The zero-order chi connectivity index (χ0) is 38.3. The highest BCUT2D eigenvalue weighted by Crippen LogP contribution is 2.44. The van der Waals surface area contributed by atoms with E-state index in [1.54, 1.807) is 0 Å². The molecule has 0 unspecified atom stereocenters. The smallest absolute Gasteiger partial charge is 0.145 e. The molecule has 59 heavy (non-hydrogen) atoms. The molecule has 0 aliphatic heterocycles. The summed E-state index contributed by atoms with van der Waals surface area (Å²) >= 11 is 3.74. The molecule has 0 aliphatic carbocycles. The fourth-order valence-electron chi connectivity index (χ4n) is 9.72. The lowest BCUT2D eigenvalue weighted by Crippen LogP contribution is -1.96. The normalized spacial score (nSPS) is 12.4. The van der Waals surface area contributed by atoms with Crippen molar-refractivity contribution in [2.24, 2.45) is 0 Å². The van der Waals surface area contributed by atoms with E-state index in [4.69, 9.17) is 9.97 Å². The van der Waals surface area contributed by atoms with Crippen LogP contribution in [0.2, 0.25) is 0 Å². The molecule has 5 nitrogen and oxygen atoms in total. The molecule has 0 fully saturated rings. The second-order valence-electron chi connectivity index (χ2n) is 15.5. The number of rotatable bonds is 3. The Balaban J connectivity index is 0.976. The van der Waals surface area contributed by atoms with Gasteiger partial charge in [-0.1, -0.05) is 78.9 Å². The quantitative estimate of drug-likeness (QED) is 0.179. The van der Waals surface area contributed by atoms with Crippen molar-refractivity contribution in [3.63, 3.8) is 0 Å². The molecule has 0 saturated carbocycles. The number of imidazole rings is 1. The number of fused-ring (bicyclic) bond motifs is 14. The van der Waals surface area contributed by atoms with Crippen molar-refractivity contribution < 1.29 is 0 Å². The summed E-state index contributed by atoms with van der Waals surface area (Å²) < 4.78 is 12.2. The highest BCUT2D eigenvalue weighted by molar-refractivity contribution is 7.26. The molecule has 6 aromatic heterocycles. The number of aromatic nitrogens is 5. The molecule has 0 atom stereocenters. The number of thiophene rings is 2. The number of para-hydroxylation sites is 1. The van der Waals surface area contributed by atoms with E-state index >= 15 is 0 Å². The third kappa shape index (κ3) is 4.38. The Morgan fingerprint density at radius 3 is 2.03 bits per heavy atom. The van der Waals surface area contributed by atoms with E-state index in [2.05, 4.69) is 171 Å². The Morgan fingerprint density at radius 1 is 0.373 bits per heavy atom. The van der Waals surface area contributed by atoms with Gasteiger partial charge in [-0.3, -0.25) is 9.13 Å². The van der Waals surface area contributed by atoms with Crippen LogP contribution in [0.5, 0.6) is 0 Å². The van der Waals surface area contributed by atoms with Crippen molar-refractivity contribution in [3.8, 4) is 17.1 Å². The first-order valence-electron chi connectivity index (χ1n) is 19.8. The summed E-state index contributed by atoms with van der Waals surface area (Å²) in [7, 11) is 0. The summed E-state index contributed by atoms with van der Waals surface area (Å²) in [6, 6.07) is 60.0. The van der Waals surface area contributed by atoms with Crippen LogP contribution < -0.4 is 0 Å². The van der Waals surface area contributed by atoms with Crippen LogP contribution in [0.4, 0.5) is 0 Å². The van der Waals surface area contributed by atoms with Gasteiger partial charge in [0.05, 0.1) is 33.3 Å². The summed E-state index contributed by atoms with van der Waals surface area (Å²) in [5.41, 5.74) is 9.88. The molecular weight excluding hydrogens is 759 g/mol. The molecule has 0 spiro atoms. The number of hydrogen-bond donors (Lipinski definition) is 0. The number of benzene rings is 8. The van der Waals surface area contributed by atoms with E-state index in [0.29, 0.717) is 0 Å². The topological polar surface area (TPSA) is 40.6 Å². The van der Waals surface area contributed by atoms with Crippen molar-refractivity contribution in [1.82, 2.24) is 23.7 Å². The summed E-state index contributed by atoms with van der Waals surface area (Å²) in [5.74, 6) is 0. The summed E-state index contributed by atoms with van der Waals surface area (Å²) in [5, 5.41) is 12.4. The van der Waals surface area contributed by atoms with Gasteiger partial charge in [0.25, 0.3) is 0 Å². The molecule has 14 rings (SSSR count).